The van der Waals surface area contributed by atoms with E-state index in [2.05, 4.69) is 9.82 Å². The van der Waals surface area contributed by atoms with Crippen LogP contribution in [0.4, 0.5) is 4.79 Å². The predicted octanol–water partition coefficient (Wildman–Crippen LogP) is -0.0373. The van der Waals surface area contributed by atoms with Crippen molar-refractivity contribution in [3.63, 3.8) is 0 Å². The highest BCUT2D eigenvalue weighted by Gasteiger charge is 1.92. The second-order valence-electron chi connectivity index (χ2n) is 1.47. The van der Waals surface area contributed by atoms with Crippen molar-refractivity contribution in [1.29, 1.82) is 0 Å². The van der Waals surface area contributed by atoms with Crippen molar-refractivity contribution < 1.29 is 4.79 Å². The third-order valence-electron chi connectivity index (χ3n) is 0.720. The van der Waals surface area contributed by atoms with Gasteiger partial charge in [0.1, 0.15) is 0 Å². The number of nitrogens with zero attached hydrogens (tertiary/aromatic N) is 2. The van der Waals surface area contributed by atoms with E-state index >= 15 is 0 Å². The molecule has 1 aromatic heterocycles. The van der Waals surface area contributed by atoms with Crippen LogP contribution >= 0.6 is 12.1 Å². The number of carbonyl (C=O) groups excluding carboxylic acids is 1. The predicted molar refractivity (Wildman–Crippen MR) is 37.9 cm³/mol. The number of rotatable bonds is 2. The number of hydrogen-bond donors (Lipinski definition) is 2. The Balaban J connectivity index is 2.35. The molecule has 10 heavy (non-hydrogen) atoms. The molecule has 0 unspecified atom stereocenters. The summed E-state index contributed by atoms with van der Waals surface area (Å²) in [4.78, 5) is 10.1. The van der Waals surface area contributed by atoms with Gasteiger partial charge in [-0.3, -0.25) is 4.72 Å². The van der Waals surface area contributed by atoms with Crippen LogP contribution in [0.2, 0.25) is 0 Å². The van der Waals surface area contributed by atoms with Crippen LogP contribution in [0.1, 0.15) is 0 Å². The molecular weight excluding hydrogens is 152 g/mol. The number of carbonyl (C=O) groups is 1. The first-order valence-corrected chi connectivity index (χ1v) is 3.29. The molecule has 0 spiro atoms. The summed E-state index contributed by atoms with van der Waals surface area (Å²) in [5.41, 5.74) is 4.80. The fraction of sp³-hybridized carbons (Fsp3) is 0. The molecule has 0 radical (unpaired) electrons. The zero-order valence-electron chi connectivity index (χ0n) is 5.02. The van der Waals surface area contributed by atoms with Crippen LogP contribution in [0.3, 0.4) is 0 Å². The third kappa shape index (κ3) is 1.98. The Hall–Kier alpha value is -1.17. The number of primary amides is 1. The first-order chi connectivity index (χ1) is 4.79. The maximum absolute atomic E-state index is 10.1. The molecule has 2 amide bonds. The maximum atomic E-state index is 10.1. The minimum absolute atomic E-state index is 0.583. The number of hydrogen-bond acceptors (Lipinski definition) is 3. The molecular formula is C4H6N4OS. The molecule has 0 saturated heterocycles. The van der Waals surface area contributed by atoms with E-state index in [0.717, 1.165) is 12.1 Å². The van der Waals surface area contributed by atoms with E-state index in [-0.39, 0.29) is 0 Å². The lowest BCUT2D eigenvalue weighted by molar-refractivity contribution is 0.254. The lowest BCUT2D eigenvalue weighted by atomic mass is 10.8. The lowest BCUT2D eigenvalue weighted by Crippen LogP contribution is -2.24. The standard InChI is InChI=1S/C4H6N4OS/c5-4(9)7-10-8-3-1-2-6-8/h1-3H,(H3,5,7,9). The second-order valence-corrected chi connectivity index (χ2v) is 2.23. The van der Waals surface area contributed by atoms with Crippen LogP contribution in [-0.2, 0) is 0 Å². The van der Waals surface area contributed by atoms with E-state index in [9.17, 15) is 4.79 Å². The van der Waals surface area contributed by atoms with Crippen molar-refractivity contribution in [1.82, 2.24) is 13.9 Å². The molecule has 0 saturated carbocycles. The second kappa shape index (κ2) is 3.11. The summed E-state index contributed by atoms with van der Waals surface area (Å²) in [5.74, 6) is 0. The molecule has 0 bridgehead atoms. The van der Waals surface area contributed by atoms with Crippen molar-refractivity contribution in [2.45, 2.75) is 0 Å². The fourth-order valence-corrected chi connectivity index (χ4v) is 0.817. The van der Waals surface area contributed by atoms with Gasteiger partial charge < -0.3 is 5.73 Å². The average Bonchev–Trinajstić information content (AvgIpc) is 2.34. The van der Waals surface area contributed by atoms with Crippen LogP contribution in [0.25, 0.3) is 0 Å². The SMILES string of the molecule is NC(=O)NSn1cccn1. The van der Waals surface area contributed by atoms with Gasteiger partial charge in [-0.1, -0.05) is 0 Å². The first kappa shape index (κ1) is 6.94. The molecule has 1 heterocycles. The van der Waals surface area contributed by atoms with Gasteiger partial charge in [-0.25, -0.2) is 4.79 Å². The highest BCUT2D eigenvalue weighted by Crippen LogP contribution is 1.95. The van der Waals surface area contributed by atoms with E-state index in [1.165, 1.54) is 4.09 Å². The van der Waals surface area contributed by atoms with Gasteiger partial charge in [-0.05, 0) is 6.07 Å². The highest BCUT2D eigenvalue weighted by atomic mass is 32.2. The van der Waals surface area contributed by atoms with E-state index in [1.54, 1.807) is 18.5 Å². The summed E-state index contributed by atoms with van der Waals surface area (Å²) >= 11 is 1.02. The van der Waals surface area contributed by atoms with Gasteiger partial charge in [0.05, 0.1) is 18.3 Å². The molecule has 6 heteroatoms. The minimum atomic E-state index is -0.583. The van der Waals surface area contributed by atoms with Crippen LogP contribution in [0.5, 0.6) is 0 Å². The van der Waals surface area contributed by atoms with Crippen LogP contribution in [-0.4, -0.2) is 15.2 Å². The Labute approximate surface area is 61.8 Å². The third-order valence-corrected chi connectivity index (χ3v) is 1.42. The number of nitrogens with two attached hydrogens (primary N) is 1. The summed E-state index contributed by atoms with van der Waals surface area (Å²) < 4.78 is 3.78. The van der Waals surface area contributed by atoms with Crippen LogP contribution in [0.15, 0.2) is 18.5 Å². The van der Waals surface area contributed by atoms with E-state index in [4.69, 9.17) is 5.73 Å². The quantitative estimate of drug-likeness (QED) is 0.593. The normalized spacial score (nSPS) is 9.20. The van der Waals surface area contributed by atoms with E-state index in [0.29, 0.717) is 0 Å². The largest absolute Gasteiger partial charge is 0.351 e. The summed E-state index contributed by atoms with van der Waals surface area (Å²) in [7, 11) is 0. The summed E-state index contributed by atoms with van der Waals surface area (Å²) in [6, 6.07) is 1.16. The van der Waals surface area contributed by atoms with Gasteiger partial charge in [-0.15, -0.1) is 0 Å². The lowest BCUT2D eigenvalue weighted by Gasteiger charge is -1.96. The summed E-state index contributed by atoms with van der Waals surface area (Å²) in [6.45, 7) is 0. The molecule has 54 valence electrons. The molecule has 0 aliphatic heterocycles. The zero-order valence-corrected chi connectivity index (χ0v) is 5.84. The summed E-state index contributed by atoms with van der Waals surface area (Å²) in [6.07, 6.45) is 3.30. The summed E-state index contributed by atoms with van der Waals surface area (Å²) in [5, 5.41) is 3.80. The van der Waals surface area contributed by atoms with Gasteiger partial charge in [0, 0.05) is 6.20 Å². The molecule has 5 nitrogen and oxygen atoms in total. The van der Waals surface area contributed by atoms with Crippen molar-refractivity contribution in [3.8, 4) is 0 Å². The smallest absolute Gasteiger partial charge is 0.323 e. The average molecular weight is 158 g/mol. The first-order valence-electron chi connectivity index (χ1n) is 2.51. The van der Waals surface area contributed by atoms with Crippen molar-refractivity contribution >= 4 is 18.2 Å². The van der Waals surface area contributed by atoms with Gasteiger partial charge in [-0.2, -0.15) is 9.19 Å². The van der Waals surface area contributed by atoms with Crippen molar-refractivity contribution in [2.75, 3.05) is 0 Å². The Morgan fingerprint density at radius 3 is 3.10 bits per heavy atom. The van der Waals surface area contributed by atoms with Crippen LogP contribution < -0.4 is 10.5 Å². The molecule has 0 fully saturated rings. The molecule has 1 rings (SSSR count). The van der Waals surface area contributed by atoms with Gasteiger partial charge in [0.15, 0.2) is 0 Å². The number of nitrogens with one attached hydrogen (secondary N) is 1. The van der Waals surface area contributed by atoms with E-state index < -0.39 is 6.03 Å². The number of aromatic nitrogens is 2. The Bertz CT molecular complexity index is 209. The van der Waals surface area contributed by atoms with Gasteiger partial charge >= 0.3 is 6.03 Å². The Morgan fingerprint density at radius 2 is 2.60 bits per heavy atom. The Morgan fingerprint density at radius 1 is 1.80 bits per heavy atom. The fourth-order valence-electron chi connectivity index (χ4n) is 0.401. The molecule has 0 aliphatic carbocycles. The number of amides is 2. The molecule has 0 atom stereocenters. The zero-order chi connectivity index (χ0) is 7.40. The highest BCUT2D eigenvalue weighted by molar-refractivity contribution is 7.96. The van der Waals surface area contributed by atoms with Crippen LogP contribution in [0, 0.1) is 0 Å². The van der Waals surface area contributed by atoms with Gasteiger partial charge in [0.2, 0.25) is 0 Å². The minimum Gasteiger partial charge on any atom is -0.351 e. The maximum Gasteiger partial charge on any atom is 0.323 e. The Kier molecular flexibility index (Phi) is 2.16. The topological polar surface area (TPSA) is 72.9 Å². The van der Waals surface area contributed by atoms with Crippen molar-refractivity contribution in [3.05, 3.63) is 18.5 Å². The van der Waals surface area contributed by atoms with E-state index in [1.807, 2.05) is 0 Å². The molecule has 1 aromatic rings. The number of urea groups is 1. The van der Waals surface area contributed by atoms with Gasteiger partial charge in [0.25, 0.3) is 0 Å². The molecule has 3 N–H and O–H groups in total. The van der Waals surface area contributed by atoms with Crippen molar-refractivity contribution in [2.24, 2.45) is 5.73 Å². The molecule has 0 aromatic carbocycles. The molecule has 0 aliphatic rings. The monoisotopic (exact) mass is 158 g/mol.